The third-order valence-electron chi connectivity index (χ3n) is 10.7. The number of methoxy groups -OCH3 is 1. The van der Waals surface area contributed by atoms with Crippen LogP contribution in [-0.4, -0.2) is 44.2 Å². The van der Waals surface area contributed by atoms with Gasteiger partial charge in [-0.25, -0.2) is 4.21 Å². The van der Waals surface area contributed by atoms with Crippen LogP contribution in [-0.2, 0) is 29.2 Å². The van der Waals surface area contributed by atoms with Crippen LogP contribution in [0.2, 0.25) is 5.04 Å². The first-order valence-electron chi connectivity index (χ1n) is 17.8. The molecule has 1 saturated carbocycles. The number of rotatable bonds is 15. The number of ether oxygens (including phenoxy) is 2. The van der Waals surface area contributed by atoms with E-state index in [1.54, 1.807) is 7.11 Å². The van der Waals surface area contributed by atoms with Crippen LogP contribution >= 0.6 is 0 Å². The summed E-state index contributed by atoms with van der Waals surface area (Å²) in [6, 6.07) is 30.7. The fourth-order valence-electron chi connectivity index (χ4n) is 8.35. The molecule has 1 aliphatic heterocycles. The Hall–Kier alpha value is -3.09. The van der Waals surface area contributed by atoms with Gasteiger partial charge in [0, 0.05) is 24.9 Å². The third kappa shape index (κ3) is 7.43. The molecule has 3 aromatic carbocycles. The molecule has 5 nitrogen and oxygen atoms in total. The summed E-state index contributed by atoms with van der Waals surface area (Å²) in [6.07, 6.45) is 14.1. The van der Waals surface area contributed by atoms with E-state index >= 15 is 0 Å². The number of allylic oxidation sites excluding steroid dienone is 3. The summed E-state index contributed by atoms with van der Waals surface area (Å²) in [4.78, 5) is 0.584. The predicted molar refractivity (Wildman–Crippen MR) is 207 cm³/mol. The van der Waals surface area contributed by atoms with E-state index in [-0.39, 0.29) is 16.4 Å². The molecular formula is C43H54O5SSi. The van der Waals surface area contributed by atoms with Crippen LogP contribution in [0.5, 0.6) is 0 Å². The summed E-state index contributed by atoms with van der Waals surface area (Å²) < 4.78 is 39.6. The van der Waals surface area contributed by atoms with E-state index in [1.165, 1.54) is 21.5 Å². The quantitative estimate of drug-likeness (QED) is 0.0900. The van der Waals surface area contributed by atoms with E-state index in [9.17, 15) is 4.21 Å². The van der Waals surface area contributed by atoms with E-state index in [1.807, 2.05) is 30.3 Å². The highest BCUT2D eigenvalue weighted by Gasteiger charge is 2.76. The number of fused-ring (bicyclic) bond motifs is 1. The normalized spacial score (nSPS) is 25.6. The Bertz CT molecular complexity index is 1650. The SMILES string of the molecule is C#CC1(OS(=O)c2ccccc2)[C@H]2OC(OC)C[C@@]2(CCC=C(C)C)[C@H]1CC/C(C)=C/CO[Si](c1ccccc1)(c1ccccc1)C(C)(C)C. The minimum atomic E-state index is -2.66. The van der Waals surface area contributed by atoms with Crippen molar-refractivity contribution >= 4 is 29.8 Å². The summed E-state index contributed by atoms with van der Waals surface area (Å²) in [5.74, 6) is 2.92. The van der Waals surface area contributed by atoms with Crippen molar-refractivity contribution in [2.24, 2.45) is 11.3 Å². The van der Waals surface area contributed by atoms with E-state index in [4.69, 9.17) is 24.5 Å². The van der Waals surface area contributed by atoms with Crippen molar-refractivity contribution in [1.29, 1.82) is 0 Å². The van der Waals surface area contributed by atoms with Gasteiger partial charge < -0.3 is 13.9 Å². The molecule has 1 saturated heterocycles. The van der Waals surface area contributed by atoms with Gasteiger partial charge in [-0.05, 0) is 74.0 Å². The van der Waals surface area contributed by atoms with Crippen LogP contribution < -0.4 is 10.4 Å². The van der Waals surface area contributed by atoms with Crippen molar-refractivity contribution in [2.75, 3.05) is 13.7 Å². The average molecular weight is 711 g/mol. The average Bonchev–Trinajstić information content (AvgIpc) is 3.45. The van der Waals surface area contributed by atoms with Crippen LogP contribution in [0.1, 0.15) is 73.6 Å². The molecule has 0 radical (unpaired) electrons. The van der Waals surface area contributed by atoms with Crippen molar-refractivity contribution in [3.05, 3.63) is 114 Å². The summed E-state index contributed by atoms with van der Waals surface area (Å²) in [5, 5.41) is 2.42. The standard InChI is InChI=1S/C43H54O5SSi/c1-9-43(48-49(44)35-21-13-10-14-22-35)38(42(30-19-20-33(2)3)32-39(45-8)47-40(42)43)28-27-34(4)29-31-46-50(41(5,6)7,36-23-15-11-16-24-36)37-25-17-12-18-26-37/h1,10-18,20-26,29,38-40H,19,27-28,30-32H2,2-8H3/b34-29+/t38-,39?,40+,42+,43?,49?/m1/s1. The highest BCUT2D eigenvalue weighted by Crippen LogP contribution is 2.67. The molecule has 6 atom stereocenters. The molecule has 0 amide bonds. The fourth-order valence-corrected chi connectivity index (χ4v) is 13.8. The van der Waals surface area contributed by atoms with Gasteiger partial charge in [-0.1, -0.05) is 129 Å². The van der Waals surface area contributed by atoms with Gasteiger partial charge >= 0.3 is 0 Å². The van der Waals surface area contributed by atoms with E-state index in [0.717, 1.165) is 32.1 Å². The summed E-state index contributed by atoms with van der Waals surface area (Å²) in [5.41, 5.74) is 1.10. The van der Waals surface area contributed by atoms with Crippen molar-refractivity contribution in [3.63, 3.8) is 0 Å². The molecular weight excluding hydrogens is 657 g/mol. The Labute approximate surface area is 304 Å². The van der Waals surface area contributed by atoms with Crippen LogP contribution in [0.25, 0.3) is 0 Å². The van der Waals surface area contributed by atoms with Gasteiger partial charge in [-0.3, -0.25) is 4.18 Å². The minimum absolute atomic E-state index is 0.0793. The monoisotopic (exact) mass is 710 g/mol. The molecule has 50 heavy (non-hydrogen) atoms. The Morgan fingerprint density at radius 2 is 1.54 bits per heavy atom. The lowest BCUT2D eigenvalue weighted by molar-refractivity contribution is -0.241. The first-order valence-corrected chi connectivity index (χ1v) is 20.8. The van der Waals surface area contributed by atoms with Crippen molar-refractivity contribution in [2.45, 2.75) is 102 Å². The molecule has 0 aromatic heterocycles. The zero-order valence-corrected chi connectivity index (χ0v) is 32.6. The maximum atomic E-state index is 13.7. The van der Waals surface area contributed by atoms with E-state index in [0.29, 0.717) is 11.5 Å². The Balaban J connectivity index is 1.42. The lowest BCUT2D eigenvalue weighted by atomic mass is 9.46. The summed E-state index contributed by atoms with van der Waals surface area (Å²) in [6.45, 7) is 13.8. The predicted octanol–water partition coefficient (Wildman–Crippen LogP) is 8.52. The van der Waals surface area contributed by atoms with Crippen LogP contribution in [0, 0.1) is 23.7 Å². The highest BCUT2D eigenvalue weighted by atomic mass is 32.2. The first-order chi connectivity index (χ1) is 23.9. The Morgan fingerprint density at radius 1 is 0.960 bits per heavy atom. The second-order valence-electron chi connectivity index (χ2n) is 15.1. The van der Waals surface area contributed by atoms with E-state index in [2.05, 4.69) is 120 Å². The van der Waals surface area contributed by atoms with Gasteiger partial charge in [0.1, 0.15) is 6.10 Å². The molecule has 266 valence electrons. The number of hydrogen-bond donors (Lipinski definition) is 0. The third-order valence-corrected chi connectivity index (χ3v) is 16.8. The molecule has 3 unspecified atom stereocenters. The second-order valence-corrected chi connectivity index (χ2v) is 20.5. The molecule has 0 bridgehead atoms. The zero-order chi connectivity index (χ0) is 36.0. The van der Waals surface area contributed by atoms with Gasteiger partial charge in [0.05, 0.1) is 11.5 Å². The topological polar surface area (TPSA) is 54.0 Å². The van der Waals surface area contributed by atoms with Gasteiger partial charge in [0.2, 0.25) is 0 Å². The maximum absolute atomic E-state index is 13.7. The Kier molecular flexibility index (Phi) is 12.3. The fraction of sp³-hybridized carbons (Fsp3) is 0.442. The van der Waals surface area contributed by atoms with Crippen LogP contribution in [0.4, 0.5) is 0 Å². The van der Waals surface area contributed by atoms with Crippen LogP contribution in [0.3, 0.4) is 0 Å². The van der Waals surface area contributed by atoms with Crippen LogP contribution in [0.15, 0.2) is 119 Å². The first kappa shape index (κ1) is 38.1. The van der Waals surface area contributed by atoms with E-state index < -0.39 is 37.4 Å². The number of terminal acetylenes is 1. The second kappa shape index (κ2) is 16.1. The molecule has 1 aliphatic carbocycles. The number of hydrogen-bond acceptors (Lipinski definition) is 5. The molecule has 2 aliphatic rings. The van der Waals surface area contributed by atoms with Crippen molar-refractivity contribution in [1.82, 2.24) is 0 Å². The lowest BCUT2D eigenvalue weighted by Crippen LogP contribution is -2.72. The van der Waals surface area contributed by atoms with Gasteiger partial charge in [-0.15, -0.1) is 6.42 Å². The van der Waals surface area contributed by atoms with Gasteiger partial charge in [-0.2, -0.15) is 0 Å². The summed E-state index contributed by atoms with van der Waals surface area (Å²) in [7, 11) is -0.989. The molecule has 0 N–H and O–H groups in total. The molecule has 3 aromatic rings. The molecule has 0 spiro atoms. The van der Waals surface area contributed by atoms with Crippen molar-refractivity contribution < 1.29 is 22.3 Å². The maximum Gasteiger partial charge on any atom is 0.261 e. The Morgan fingerprint density at radius 3 is 2.06 bits per heavy atom. The number of benzene rings is 3. The van der Waals surface area contributed by atoms with Crippen molar-refractivity contribution in [3.8, 4) is 12.3 Å². The highest BCUT2D eigenvalue weighted by molar-refractivity contribution is 7.80. The van der Waals surface area contributed by atoms with Gasteiger partial charge in [0.15, 0.2) is 23.0 Å². The lowest BCUT2D eigenvalue weighted by Gasteiger charge is -2.61. The summed E-state index contributed by atoms with van der Waals surface area (Å²) >= 11 is -1.76. The van der Waals surface area contributed by atoms with Gasteiger partial charge in [0.25, 0.3) is 8.32 Å². The smallest absolute Gasteiger partial charge is 0.261 e. The molecule has 1 heterocycles. The molecule has 7 heteroatoms. The zero-order valence-electron chi connectivity index (χ0n) is 30.8. The largest absolute Gasteiger partial charge is 0.404 e. The minimum Gasteiger partial charge on any atom is -0.404 e. The molecule has 5 rings (SSSR count). The molecule has 2 fully saturated rings.